The monoisotopic (exact) mass is 392 g/mol. The van der Waals surface area contributed by atoms with Crippen LogP contribution in [0.25, 0.3) is 0 Å². The third kappa shape index (κ3) is 2.68. The molecule has 1 aromatic carbocycles. The predicted molar refractivity (Wildman–Crippen MR) is 102 cm³/mol. The van der Waals surface area contributed by atoms with E-state index in [1.54, 1.807) is 32.0 Å². The molecule has 0 radical (unpaired) electrons. The van der Waals surface area contributed by atoms with Gasteiger partial charge in [0.1, 0.15) is 17.6 Å². The second-order valence-electron chi connectivity index (χ2n) is 6.71. The van der Waals surface area contributed by atoms with Crippen LogP contribution >= 0.6 is 0 Å². The summed E-state index contributed by atoms with van der Waals surface area (Å²) in [6.07, 6.45) is 1.10. The van der Waals surface area contributed by atoms with Gasteiger partial charge in [-0.1, -0.05) is 30.8 Å². The number of esters is 2. The Balaban J connectivity index is 2.32. The van der Waals surface area contributed by atoms with Gasteiger partial charge >= 0.3 is 11.9 Å². The molecule has 0 aromatic heterocycles. The predicted octanol–water partition coefficient (Wildman–Crippen LogP) is 2.24. The number of carbonyl (C=O) groups is 2. The standard InChI is InChI=1S/C21H20N4O4/c1-4-28-17(26)10-21(19(27)29-5-2)14(3)20(12-22,13-23)25-18(21)16-9-7-6-8-15(16)11-24-25/h6-9,11,18H,3-5,10H2,1-2H3/t18-,21-/m0/s1. The van der Waals surface area contributed by atoms with Crippen LogP contribution < -0.4 is 0 Å². The van der Waals surface area contributed by atoms with Gasteiger partial charge in [-0.05, 0) is 30.5 Å². The first-order chi connectivity index (χ1) is 13.9. The van der Waals surface area contributed by atoms with E-state index in [2.05, 4.69) is 11.7 Å². The van der Waals surface area contributed by atoms with E-state index in [-0.39, 0.29) is 18.8 Å². The molecule has 0 saturated carbocycles. The molecule has 148 valence electrons. The van der Waals surface area contributed by atoms with E-state index in [1.807, 2.05) is 18.2 Å². The van der Waals surface area contributed by atoms with Crippen LogP contribution in [0, 0.1) is 28.1 Å². The highest BCUT2D eigenvalue weighted by Gasteiger charge is 2.70. The Morgan fingerprint density at radius 3 is 2.48 bits per heavy atom. The fraction of sp³-hybridized carbons (Fsp3) is 0.381. The molecule has 2 heterocycles. The number of benzene rings is 1. The van der Waals surface area contributed by atoms with E-state index in [0.29, 0.717) is 11.1 Å². The third-order valence-corrected chi connectivity index (χ3v) is 5.33. The van der Waals surface area contributed by atoms with Crippen LogP contribution in [0.1, 0.15) is 37.4 Å². The first kappa shape index (κ1) is 20.1. The Morgan fingerprint density at radius 2 is 1.86 bits per heavy atom. The van der Waals surface area contributed by atoms with Crippen LogP contribution in [-0.4, -0.2) is 41.9 Å². The number of nitriles is 2. The molecular weight excluding hydrogens is 372 g/mol. The fourth-order valence-electron chi connectivity index (χ4n) is 4.05. The molecule has 2 aliphatic heterocycles. The summed E-state index contributed by atoms with van der Waals surface area (Å²) in [5, 5.41) is 25.4. The summed E-state index contributed by atoms with van der Waals surface area (Å²) in [5.41, 5.74) is -2.32. The highest BCUT2D eigenvalue weighted by atomic mass is 16.5. The Morgan fingerprint density at radius 1 is 1.21 bits per heavy atom. The van der Waals surface area contributed by atoms with Gasteiger partial charge in [0.05, 0.1) is 31.9 Å². The zero-order valence-corrected chi connectivity index (χ0v) is 16.2. The molecule has 2 atom stereocenters. The molecule has 1 aromatic rings. The molecule has 0 spiro atoms. The number of nitrogens with zero attached hydrogens (tertiary/aromatic N) is 4. The molecule has 0 amide bonds. The topological polar surface area (TPSA) is 116 Å². The summed E-state index contributed by atoms with van der Waals surface area (Å²) < 4.78 is 10.4. The fourth-order valence-corrected chi connectivity index (χ4v) is 4.05. The van der Waals surface area contributed by atoms with Gasteiger partial charge in [0.25, 0.3) is 5.54 Å². The van der Waals surface area contributed by atoms with Crippen molar-refractivity contribution < 1.29 is 19.1 Å². The first-order valence-electron chi connectivity index (χ1n) is 9.20. The van der Waals surface area contributed by atoms with Gasteiger partial charge in [-0.25, -0.2) is 0 Å². The Hall–Kier alpha value is -3.65. The van der Waals surface area contributed by atoms with E-state index >= 15 is 0 Å². The van der Waals surface area contributed by atoms with Crippen LogP contribution in [0.4, 0.5) is 0 Å². The van der Waals surface area contributed by atoms with Crippen LogP contribution in [-0.2, 0) is 19.1 Å². The SMILES string of the molecule is C=C1C(C#N)(C#N)N2N=Cc3ccccc3[C@H]2[C@@]1(CC(=O)OCC)C(=O)OCC. The van der Waals surface area contributed by atoms with E-state index in [9.17, 15) is 20.1 Å². The quantitative estimate of drug-likeness (QED) is 0.557. The molecule has 1 saturated heterocycles. The smallest absolute Gasteiger partial charge is 0.319 e. The zero-order valence-electron chi connectivity index (χ0n) is 16.2. The van der Waals surface area contributed by atoms with E-state index in [4.69, 9.17) is 9.47 Å². The van der Waals surface area contributed by atoms with Crippen molar-refractivity contribution in [1.82, 2.24) is 5.01 Å². The number of ether oxygens (including phenoxy) is 2. The third-order valence-electron chi connectivity index (χ3n) is 5.33. The van der Waals surface area contributed by atoms with E-state index in [1.165, 1.54) is 11.2 Å². The summed E-state index contributed by atoms with van der Waals surface area (Å²) in [6.45, 7) is 7.42. The Labute approximate surface area is 168 Å². The van der Waals surface area contributed by atoms with Crippen LogP contribution in [0.3, 0.4) is 0 Å². The molecule has 0 bridgehead atoms. The minimum absolute atomic E-state index is 0.0413. The summed E-state index contributed by atoms with van der Waals surface area (Å²) in [5.74, 6) is -1.40. The van der Waals surface area contributed by atoms with Crippen molar-refractivity contribution >= 4 is 18.2 Å². The van der Waals surface area contributed by atoms with Gasteiger partial charge in [-0.3, -0.25) is 14.6 Å². The highest BCUT2D eigenvalue weighted by Crippen LogP contribution is 2.61. The maximum Gasteiger partial charge on any atom is 0.319 e. The lowest BCUT2D eigenvalue weighted by molar-refractivity contribution is -0.162. The lowest BCUT2D eigenvalue weighted by atomic mass is 9.68. The van der Waals surface area contributed by atoms with Crippen molar-refractivity contribution in [3.63, 3.8) is 0 Å². The molecule has 0 N–H and O–H groups in total. The van der Waals surface area contributed by atoms with Gasteiger partial charge in [-0.2, -0.15) is 15.6 Å². The molecular formula is C21H20N4O4. The van der Waals surface area contributed by atoms with Crippen LogP contribution in [0.5, 0.6) is 0 Å². The largest absolute Gasteiger partial charge is 0.466 e. The van der Waals surface area contributed by atoms with Gasteiger partial charge < -0.3 is 9.47 Å². The normalized spacial score (nSPS) is 23.4. The summed E-state index contributed by atoms with van der Waals surface area (Å²) in [7, 11) is 0. The lowest BCUT2D eigenvalue weighted by Crippen LogP contribution is -2.43. The molecule has 29 heavy (non-hydrogen) atoms. The number of hydrogen-bond acceptors (Lipinski definition) is 8. The molecule has 0 unspecified atom stereocenters. The molecule has 3 rings (SSSR count). The number of fused-ring (bicyclic) bond motifs is 3. The molecule has 0 aliphatic carbocycles. The van der Waals surface area contributed by atoms with Crippen molar-refractivity contribution in [2.45, 2.75) is 31.8 Å². The van der Waals surface area contributed by atoms with Crippen molar-refractivity contribution in [3.05, 3.63) is 47.5 Å². The maximum atomic E-state index is 13.3. The van der Waals surface area contributed by atoms with Gasteiger partial charge in [-0.15, -0.1) is 0 Å². The van der Waals surface area contributed by atoms with E-state index < -0.39 is 35.4 Å². The van der Waals surface area contributed by atoms with Gasteiger partial charge in [0.15, 0.2) is 0 Å². The van der Waals surface area contributed by atoms with Crippen LogP contribution in [0.15, 0.2) is 41.5 Å². The second kappa shape index (κ2) is 7.40. The molecule has 2 aliphatic rings. The number of hydrazone groups is 1. The molecule has 8 heteroatoms. The highest BCUT2D eigenvalue weighted by molar-refractivity contribution is 5.92. The molecule has 8 nitrogen and oxygen atoms in total. The Bertz CT molecular complexity index is 973. The van der Waals surface area contributed by atoms with Crippen molar-refractivity contribution in [1.29, 1.82) is 10.5 Å². The number of carbonyl (C=O) groups excluding carboxylic acids is 2. The summed E-state index contributed by atoms with van der Waals surface area (Å²) in [6, 6.07) is 10.2. The summed E-state index contributed by atoms with van der Waals surface area (Å²) in [4.78, 5) is 25.9. The van der Waals surface area contributed by atoms with Crippen molar-refractivity contribution in [2.75, 3.05) is 13.2 Å². The summed E-state index contributed by atoms with van der Waals surface area (Å²) >= 11 is 0. The van der Waals surface area contributed by atoms with Gasteiger partial charge in [0, 0.05) is 0 Å². The number of hydrogen-bond donors (Lipinski definition) is 0. The average molecular weight is 392 g/mol. The van der Waals surface area contributed by atoms with Gasteiger partial charge in [0.2, 0.25) is 0 Å². The van der Waals surface area contributed by atoms with E-state index in [0.717, 1.165) is 0 Å². The molecule has 1 fully saturated rings. The Kier molecular flexibility index (Phi) is 5.13. The second-order valence-corrected chi connectivity index (χ2v) is 6.71. The first-order valence-corrected chi connectivity index (χ1v) is 9.20. The average Bonchev–Trinajstić information content (AvgIpc) is 2.94. The van der Waals surface area contributed by atoms with Crippen molar-refractivity contribution in [2.24, 2.45) is 10.5 Å². The number of rotatable bonds is 5. The van der Waals surface area contributed by atoms with Crippen molar-refractivity contribution in [3.8, 4) is 12.1 Å². The maximum absolute atomic E-state index is 13.3. The minimum Gasteiger partial charge on any atom is -0.466 e. The lowest BCUT2D eigenvalue weighted by Gasteiger charge is -2.37. The van der Waals surface area contributed by atoms with Crippen LogP contribution in [0.2, 0.25) is 0 Å². The minimum atomic E-state index is -1.94. The zero-order chi connectivity index (χ0) is 21.2.